The van der Waals surface area contributed by atoms with Gasteiger partial charge in [-0.25, -0.2) is 14.9 Å². The minimum Gasteiger partial charge on any atom is -0.508 e. The number of anilines is 1. The Morgan fingerprint density at radius 1 is 0.925 bits per heavy atom. The predicted molar refractivity (Wildman–Crippen MR) is 188 cm³/mol. The minimum atomic E-state index is -3.07. The van der Waals surface area contributed by atoms with Crippen LogP contribution in [-0.4, -0.2) is 98.5 Å². The molecule has 0 aliphatic heterocycles. The van der Waals surface area contributed by atoms with Crippen molar-refractivity contribution in [3.63, 3.8) is 0 Å². The van der Waals surface area contributed by atoms with Crippen LogP contribution in [0.2, 0.25) is 0 Å². The van der Waals surface area contributed by atoms with Crippen LogP contribution < -0.4 is 16.4 Å². The van der Waals surface area contributed by atoms with Gasteiger partial charge in [0, 0.05) is 17.4 Å². The molecular weight excluding hydrogens is 688 g/mol. The molecule has 0 spiro atoms. The van der Waals surface area contributed by atoms with Gasteiger partial charge in [0.25, 0.3) is 5.91 Å². The smallest absolute Gasteiger partial charge is 0.415 e. The van der Waals surface area contributed by atoms with E-state index in [2.05, 4.69) is 5.32 Å². The quantitative estimate of drug-likeness (QED) is 0.140. The Bertz CT molecular complexity index is 2170. The largest absolute Gasteiger partial charge is 0.508 e. The number of benzene rings is 3. The zero-order chi connectivity index (χ0) is 38.3. The highest BCUT2D eigenvalue weighted by atomic mass is 16.5. The number of phenolic OH excluding ortho intramolecular Hbond substituents is 1. The number of ketones is 2. The molecule has 1 saturated carbocycles. The van der Waals surface area contributed by atoms with E-state index in [1.54, 1.807) is 6.92 Å². The van der Waals surface area contributed by atoms with E-state index >= 15 is 0 Å². The van der Waals surface area contributed by atoms with Crippen LogP contribution in [0.4, 0.5) is 15.3 Å². The number of carbonyl (C=O) groups excluding carboxylic acids is 5. The molecule has 1 fully saturated rings. The number of imide groups is 1. The molecule has 7 rings (SSSR count). The molecular formula is C38H36N4O11. The van der Waals surface area contributed by atoms with Gasteiger partial charge in [0.05, 0.1) is 29.3 Å². The average molecular weight is 725 g/mol. The first-order chi connectivity index (χ1) is 25.1. The molecule has 4 aliphatic rings. The number of phenols is 1. The number of nitrogens with two attached hydrogens (primary N) is 1. The number of hydrogen-bond acceptors (Lipinski definition) is 12. The summed E-state index contributed by atoms with van der Waals surface area (Å²) in [5.41, 5.74) is 4.25. The highest BCUT2D eigenvalue weighted by Crippen LogP contribution is 2.56. The lowest BCUT2D eigenvalue weighted by atomic mass is 9.54. The van der Waals surface area contributed by atoms with Crippen molar-refractivity contribution in [3.8, 4) is 16.9 Å². The van der Waals surface area contributed by atoms with E-state index in [-0.39, 0.29) is 29.3 Å². The van der Waals surface area contributed by atoms with Crippen molar-refractivity contribution < 1.29 is 54.2 Å². The molecule has 6 atom stereocenters. The lowest BCUT2D eigenvalue weighted by Crippen LogP contribution is -2.70. The standard InChI is InChI=1S/C38H36N4O11/c1-15-16-12-13-22(40-36(50)41-37(51)53-14-21-19-10-6-4-8-17(19)18-9-5-7-11-20(18)21)29(43)24(16)30(44)25-23(15)31(45)27-28(42(2)3)32(46)26(35(39)49)34(48)38(27,52)33(25)47/h4-13,15,21,23,27-28,31,43-45,48,52H,14H2,1-3H3,(H2,39,49)(H2,40,41,50,51)/t15-,23+,27+,28-,31-,38-/m0/s1. The molecule has 0 radical (unpaired) electrons. The van der Waals surface area contributed by atoms with Gasteiger partial charge in [-0.05, 0) is 53.9 Å². The second kappa shape index (κ2) is 12.6. The van der Waals surface area contributed by atoms with Crippen molar-refractivity contribution in [2.24, 2.45) is 17.6 Å². The molecule has 0 aromatic heterocycles. The molecule has 274 valence electrons. The van der Waals surface area contributed by atoms with E-state index in [9.17, 15) is 49.5 Å². The molecule has 0 bridgehead atoms. The number of aliphatic hydroxyl groups excluding tert-OH is 3. The number of carbonyl (C=O) groups is 5. The summed E-state index contributed by atoms with van der Waals surface area (Å²) in [6.07, 6.45) is -2.83. The number of likely N-dealkylation sites (N-methyl/N-ethyl adjacent to an activating group) is 1. The monoisotopic (exact) mass is 724 g/mol. The number of amides is 4. The van der Waals surface area contributed by atoms with Crippen LogP contribution in [0, 0.1) is 11.8 Å². The lowest BCUT2D eigenvalue weighted by Gasteiger charge is -2.53. The van der Waals surface area contributed by atoms with Gasteiger partial charge in [0.1, 0.15) is 29.4 Å². The van der Waals surface area contributed by atoms with Crippen LogP contribution in [0.5, 0.6) is 5.75 Å². The van der Waals surface area contributed by atoms with Crippen LogP contribution in [0.25, 0.3) is 16.9 Å². The Balaban J connectivity index is 1.15. The Labute approximate surface area is 302 Å². The second-order valence-corrected chi connectivity index (χ2v) is 13.9. The predicted octanol–water partition coefficient (Wildman–Crippen LogP) is 2.57. The van der Waals surface area contributed by atoms with Crippen molar-refractivity contribution in [2.45, 2.75) is 36.5 Å². The number of hydrogen-bond donors (Lipinski definition) is 8. The van der Waals surface area contributed by atoms with Gasteiger partial charge in [-0.1, -0.05) is 61.5 Å². The number of aliphatic hydroxyl groups is 4. The Morgan fingerprint density at radius 3 is 2.11 bits per heavy atom. The van der Waals surface area contributed by atoms with Gasteiger partial charge >= 0.3 is 12.1 Å². The fourth-order valence-electron chi connectivity index (χ4n) is 8.60. The SMILES string of the molecule is C[C@H]1c2ccc(NC(=O)NC(=O)OCC3c4ccccc4-c4ccccc43)c(O)c2C(O)=C2C(=O)[C@]3(O)C(O)=C(C(N)=O)C(=O)[C@@H](N(C)C)[C@@H]3[C@@H](O)[C@@H]21. The average Bonchev–Trinajstić information content (AvgIpc) is 3.43. The van der Waals surface area contributed by atoms with Crippen LogP contribution in [-0.2, 0) is 19.1 Å². The summed E-state index contributed by atoms with van der Waals surface area (Å²) in [7, 11) is 2.83. The normalized spacial score (nSPS) is 26.0. The van der Waals surface area contributed by atoms with E-state index in [4.69, 9.17) is 10.5 Å². The highest BCUT2D eigenvalue weighted by molar-refractivity contribution is 6.24. The molecule has 0 heterocycles. The Kier molecular flexibility index (Phi) is 8.40. The van der Waals surface area contributed by atoms with Crippen LogP contribution in [0.1, 0.15) is 41.0 Å². The summed E-state index contributed by atoms with van der Waals surface area (Å²) in [6.45, 7) is 1.51. The minimum absolute atomic E-state index is 0.0695. The maximum absolute atomic E-state index is 14.2. The summed E-state index contributed by atoms with van der Waals surface area (Å²) in [5, 5.41) is 61.9. The fourth-order valence-corrected chi connectivity index (χ4v) is 8.60. The molecule has 4 aliphatic carbocycles. The molecule has 0 unspecified atom stereocenters. The number of aromatic hydroxyl groups is 1. The molecule has 3 aromatic carbocycles. The van der Waals surface area contributed by atoms with E-state index < -0.39 is 93.5 Å². The third-order valence-corrected chi connectivity index (χ3v) is 10.9. The Hall–Kier alpha value is -6.03. The number of rotatable bonds is 5. The van der Waals surface area contributed by atoms with E-state index in [1.807, 2.05) is 53.8 Å². The van der Waals surface area contributed by atoms with Gasteiger partial charge in [0.2, 0.25) is 5.78 Å². The van der Waals surface area contributed by atoms with Crippen LogP contribution in [0.15, 0.2) is 77.6 Å². The number of nitrogens with one attached hydrogen (secondary N) is 2. The second-order valence-electron chi connectivity index (χ2n) is 13.9. The van der Waals surface area contributed by atoms with Gasteiger partial charge in [-0.3, -0.25) is 19.3 Å². The summed E-state index contributed by atoms with van der Waals surface area (Å²) in [5.74, 6) is -10.8. The molecule has 15 nitrogen and oxygen atoms in total. The number of nitrogens with zero attached hydrogens (tertiary/aromatic N) is 1. The van der Waals surface area contributed by atoms with Gasteiger partial charge < -0.3 is 41.3 Å². The fraction of sp³-hybridized carbons (Fsp3) is 0.289. The first-order valence-corrected chi connectivity index (χ1v) is 16.7. The molecule has 4 amide bonds. The maximum atomic E-state index is 14.2. The zero-order valence-electron chi connectivity index (χ0n) is 28.7. The summed E-state index contributed by atoms with van der Waals surface area (Å²) < 4.78 is 5.41. The number of Topliss-reactive ketones (excluding diaryl/α,β-unsaturated/α-hetero) is 2. The third kappa shape index (κ3) is 5.10. The lowest BCUT2D eigenvalue weighted by molar-refractivity contribution is -0.169. The topological polar surface area (TPSA) is 249 Å². The van der Waals surface area contributed by atoms with Crippen LogP contribution >= 0.6 is 0 Å². The number of primary amides is 1. The molecule has 9 N–H and O–H groups in total. The Morgan fingerprint density at radius 2 is 1.53 bits per heavy atom. The van der Waals surface area contributed by atoms with Crippen LogP contribution in [0.3, 0.4) is 0 Å². The van der Waals surface area contributed by atoms with E-state index in [0.717, 1.165) is 22.3 Å². The first-order valence-electron chi connectivity index (χ1n) is 16.7. The van der Waals surface area contributed by atoms with Gasteiger partial charge in [-0.15, -0.1) is 0 Å². The van der Waals surface area contributed by atoms with Crippen molar-refractivity contribution in [2.75, 3.05) is 26.0 Å². The molecule has 3 aromatic rings. The van der Waals surface area contributed by atoms with Crippen molar-refractivity contribution >= 4 is 41.0 Å². The van der Waals surface area contributed by atoms with Crippen molar-refractivity contribution in [1.29, 1.82) is 0 Å². The van der Waals surface area contributed by atoms with E-state index in [0.29, 0.717) is 0 Å². The maximum Gasteiger partial charge on any atom is 0.415 e. The third-order valence-electron chi connectivity index (χ3n) is 10.9. The highest BCUT2D eigenvalue weighted by Gasteiger charge is 2.68. The summed E-state index contributed by atoms with van der Waals surface area (Å²) in [4.78, 5) is 66.7. The van der Waals surface area contributed by atoms with Crippen molar-refractivity contribution in [1.82, 2.24) is 10.2 Å². The number of urea groups is 1. The van der Waals surface area contributed by atoms with Gasteiger partial charge in [0.15, 0.2) is 11.4 Å². The zero-order valence-corrected chi connectivity index (χ0v) is 28.7. The molecule has 53 heavy (non-hydrogen) atoms. The number of alkyl carbamates (subject to hydrolysis) is 1. The number of ether oxygens (including phenoxy) is 1. The number of fused-ring (bicyclic) bond motifs is 6. The summed E-state index contributed by atoms with van der Waals surface area (Å²) >= 11 is 0. The van der Waals surface area contributed by atoms with E-state index in [1.165, 1.54) is 31.1 Å². The summed E-state index contributed by atoms with van der Waals surface area (Å²) in [6, 6.07) is 15.6. The van der Waals surface area contributed by atoms with Crippen molar-refractivity contribution in [3.05, 3.63) is 99.8 Å². The first kappa shape index (κ1) is 35.4. The molecule has 0 saturated heterocycles. The van der Waals surface area contributed by atoms with Gasteiger partial charge in [-0.2, -0.15) is 0 Å². The molecule has 15 heteroatoms.